The van der Waals surface area contributed by atoms with Crippen LogP contribution in [0.4, 0.5) is 0 Å². The smallest absolute Gasteiger partial charge is 0.254 e. The lowest BCUT2D eigenvalue weighted by Gasteiger charge is -2.14. The van der Waals surface area contributed by atoms with Gasteiger partial charge < -0.3 is 16.0 Å². The van der Waals surface area contributed by atoms with E-state index >= 15 is 0 Å². The van der Waals surface area contributed by atoms with Gasteiger partial charge in [0, 0.05) is 18.4 Å². The van der Waals surface area contributed by atoms with Gasteiger partial charge >= 0.3 is 0 Å². The molecule has 16 heavy (non-hydrogen) atoms. The van der Waals surface area contributed by atoms with E-state index in [1.807, 2.05) is 0 Å². The van der Waals surface area contributed by atoms with Gasteiger partial charge in [0.2, 0.25) is 5.43 Å². The molecule has 0 unspecified atom stereocenters. The summed E-state index contributed by atoms with van der Waals surface area (Å²) in [6.45, 7) is 3.17. The third-order valence-corrected chi connectivity index (χ3v) is 2.68. The largest absolute Gasteiger partial charge is 0.365 e. The number of carbonyl (C=O) groups excluding carboxylic acids is 2. The first kappa shape index (κ1) is 12.0. The molecular weight excluding hydrogens is 210 g/mol. The highest BCUT2D eigenvalue weighted by molar-refractivity contribution is 5.99. The van der Waals surface area contributed by atoms with Gasteiger partial charge in [-0.05, 0) is 13.8 Å². The van der Waals surface area contributed by atoms with Gasteiger partial charge in [0.1, 0.15) is 11.1 Å². The standard InChI is InChI=1S/C10H13N3O3/c1-4-6(9(11)15)8(14)7(10(12)16)5(2)13(4)3/h1-3H3,(H2,11,15)(H2,12,16). The molecule has 0 aromatic carbocycles. The van der Waals surface area contributed by atoms with E-state index in [9.17, 15) is 14.4 Å². The van der Waals surface area contributed by atoms with Gasteiger partial charge in [-0.15, -0.1) is 0 Å². The Morgan fingerprint density at radius 3 is 1.56 bits per heavy atom. The molecule has 0 fully saturated rings. The van der Waals surface area contributed by atoms with E-state index in [-0.39, 0.29) is 11.1 Å². The van der Waals surface area contributed by atoms with Crippen LogP contribution in [0.3, 0.4) is 0 Å². The Bertz CT molecular complexity index is 499. The predicted octanol–water partition coefficient (Wildman–Crippen LogP) is -0.800. The summed E-state index contributed by atoms with van der Waals surface area (Å²) in [5, 5.41) is 0. The molecule has 0 aliphatic heterocycles. The Hall–Kier alpha value is -2.11. The van der Waals surface area contributed by atoms with Gasteiger partial charge in [-0.2, -0.15) is 0 Å². The number of pyridine rings is 1. The molecule has 2 amide bonds. The maximum atomic E-state index is 11.8. The first-order valence-corrected chi connectivity index (χ1v) is 4.58. The second-order valence-electron chi connectivity index (χ2n) is 3.54. The molecule has 1 aromatic heterocycles. The monoisotopic (exact) mass is 223 g/mol. The van der Waals surface area contributed by atoms with E-state index < -0.39 is 17.2 Å². The molecule has 0 spiro atoms. The van der Waals surface area contributed by atoms with Crippen LogP contribution >= 0.6 is 0 Å². The normalized spacial score (nSPS) is 10.2. The summed E-state index contributed by atoms with van der Waals surface area (Å²) in [7, 11) is 1.63. The highest BCUT2D eigenvalue weighted by Crippen LogP contribution is 2.09. The van der Waals surface area contributed by atoms with Crippen LogP contribution in [0.25, 0.3) is 0 Å². The van der Waals surface area contributed by atoms with Crippen molar-refractivity contribution < 1.29 is 9.59 Å². The van der Waals surface area contributed by atoms with E-state index in [0.29, 0.717) is 11.4 Å². The fourth-order valence-corrected chi connectivity index (χ4v) is 1.62. The van der Waals surface area contributed by atoms with Crippen molar-refractivity contribution in [3.63, 3.8) is 0 Å². The third-order valence-electron chi connectivity index (χ3n) is 2.68. The van der Waals surface area contributed by atoms with Crippen molar-refractivity contribution in [2.24, 2.45) is 18.5 Å². The number of nitrogens with two attached hydrogens (primary N) is 2. The quantitative estimate of drug-likeness (QED) is 0.685. The molecule has 1 heterocycles. The zero-order valence-electron chi connectivity index (χ0n) is 9.33. The van der Waals surface area contributed by atoms with Crippen LogP contribution in [-0.2, 0) is 7.05 Å². The summed E-state index contributed by atoms with van der Waals surface area (Å²) in [5.74, 6) is -1.72. The van der Waals surface area contributed by atoms with E-state index in [4.69, 9.17) is 11.5 Å². The van der Waals surface area contributed by atoms with E-state index in [1.54, 1.807) is 25.5 Å². The Labute approximate surface area is 91.9 Å². The Kier molecular flexibility index (Phi) is 2.84. The van der Waals surface area contributed by atoms with Gasteiger partial charge in [0.05, 0.1) is 0 Å². The molecule has 0 atom stereocenters. The lowest BCUT2D eigenvalue weighted by molar-refractivity contribution is 0.0997. The third kappa shape index (κ3) is 1.58. The minimum absolute atomic E-state index is 0.193. The van der Waals surface area contributed by atoms with Crippen molar-refractivity contribution in [3.05, 3.63) is 32.7 Å². The van der Waals surface area contributed by atoms with E-state index in [2.05, 4.69) is 0 Å². The average molecular weight is 223 g/mol. The maximum Gasteiger partial charge on any atom is 0.254 e. The summed E-state index contributed by atoms with van der Waals surface area (Å²) >= 11 is 0. The maximum absolute atomic E-state index is 11.8. The van der Waals surface area contributed by atoms with Crippen LogP contribution < -0.4 is 16.9 Å². The minimum Gasteiger partial charge on any atom is -0.365 e. The summed E-state index contributed by atoms with van der Waals surface area (Å²) in [6.07, 6.45) is 0. The van der Waals surface area contributed by atoms with Crippen molar-refractivity contribution in [2.45, 2.75) is 13.8 Å². The number of amides is 2. The molecule has 4 N–H and O–H groups in total. The molecule has 0 bridgehead atoms. The molecule has 0 aliphatic carbocycles. The first-order valence-electron chi connectivity index (χ1n) is 4.58. The fraction of sp³-hybridized carbons (Fsp3) is 0.300. The molecular formula is C10H13N3O3. The van der Waals surface area contributed by atoms with Crippen molar-refractivity contribution in [1.29, 1.82) is 0 Å². The molecule has 6 heteroatoms. The second-order valence-corrected chi connectivity index (χ2v) is 3.54. The Morgan fingerprint density at radius 2 is 1.31 bits per heavy atom. The van der Waals surface area contributed by atoms with Gasteiger partial charge in [-0.1, -0.05) is 0 Å². The van der Waals surface area contributed by atoms with Crippen LogP contribution in [0.15, 0.2) is 4.79 Å². The highest BCUT2D eigenvalue weighted by Gasteiger charge is 2.21. The summed E-state index contributed by atoms with van der Waals surface area (Å²) in [5.41, 5.74) is 9.95. The Morgan fingerprint density at radius 1 is 1.00 bits per heavy atom. The average Bonchev–Trinajstić information content (AvgIpc) is 2.13. The van der Waals surface area contributed by atoms with Crippen molar-refractivity contribution in [2.75, 3.05) is 0 Å². The van der Waals surface area contributed by atoms with Crippen LogP contribution in [-0.4, -0.2) is 16.4 Å². The summed E-state index contributed by atoms with van der Waals surface area (Å²) < 4.78 is 1.54. The zero-order valence-corrected chi connectivity index (χ0v) is 9.33. The molecule has 86 valence electrons. The fourth-order valence-electron chi connectivity index (χ4n) is 1.62. The molecule has 1 aromatic rings. The topological polar surface area (TPSA) is 108 Å². The molecule has 1 rings (SSSR count). The molecule has 0 aliphatic rings. The number of carbonyl (C=O) groups is 2. The SMILES string of the molecule is Cc1c(C(N)=O)c(=O)c(C(N)=O)c(C)n1C. The lowest BCUT2D eigenvalue weighted by atomic mass is 10.1. The number of primary amides is 2. The van der Waals surface area contributed by atoms with Gasteiger partial charge in [0.25, 0.3) is 11.8 Å². The highest BCUT2D eigenvalue weighted by atomic mass is 16.2. The molecule has 0 radical (unpaired) electrons. The minimum atomic E-state index is -0.861. The number of aromatic nitrogens is 1. The molecule has 0 saturated heterocycles. The number of nitrogens with zero attached hydrogens (tertiary/aromatic N) is 1. The number of hydrogen-bond acceptors (Lipinski definition) is 3. The number of rotatable bonds is 2. The van der Waals surface area contributed by atoms with Crippen LogP contribution in [0.1, 0.15) is 32.1 Å². The van der Waals surface area contributed by atoms with Crippen LogP contribution in [0.2, 0.25) is 0 Å². The summed E-state index contributed by atoms with van der Waals surface area (Å²) in [4.78, 5) is 34.1. The van der Waals surface area contributed by atoms with Gasteiger partial charge in [0.15, 0.2) is 0 Å². The van der Waals surface area contributed by atoms with Crippen LogP contribution in [0.5, 0.6) is 0 Å². The van der Waals surface area contributed by atoms with Crippen molar-refractivity contribution >= 4 is 11.8 Å². The van der Waals surface area contributed by atoms with Gasteiger partial charge in [-0.25, -0.2) is 0 Å². The predicted molar refractivity (Wildman–Crippen MR) is 58.2 cm³/mol. The van der Waals surface area contributed by atoms with Crippen molar-refractivity contribution in [1.82, 2.24) is 4.57 Å². The zero-order chi connectivity index (χ0) is 12.6. The van der Waals surface area contributed by atoms with E-state index in [0.717, 1.165) is 0 Å². The van der Waals surface area contributed by atoms with Crippen molar-refractivity contribution in [3.8, 4) is 0 Å². The molecule has 0 saturated carbocycles. The number of hydrogen-bond donors (Lipinski definition) is 2. The van der Waals surface area contributed by atoms with E-state index in [1.165, 1.54) is 0 Å². The summed E-state index contributed by atoms with van der Waals surface area (Å²) in [6, 6.07) is 0. The molecule has 6 nitrogen and oxygen atoms in total. The van der Waals surface area contributed by atoms with Crippen LogP contribution in [0, 0.1) is 13.8 Å². The first-order chi connectivity index (χ1) is 7.29. The lowest BCUT2D eigenvalue weighted by Crippen LogP contribution is -2.34. The second kappa shape index (κ2) is 3.80. The van der Waals surface area contributed by atoms with Gasteiger partial charge in [-0.3, -0.25) is 14.4 Å². The Balaban J connectivity index is 3.88.